The van der Waals surface area contributed by atoms with Gasteiger partial charge in [-0.3, -0.25) is 0 Å². The highest BCUT2D eigenvalue weighted by molar-refractivity contribution is 6.25. The molecule has 1 aliphatic carbocycles. The molecule has 1 fully saturated rings. The Labute approximate surface area is 92.5 Å². The fraction of sp³-hybridized carbons (Fsp3) is 0.833. The van der Waals surface area contributed by atoms with Crippen molar-refractivity contribution >= 4 is 11.6 Å². The van der Waals surface area contributed by atoms with E-state index in [1.54, 1.807) is 5.54 Å². The minimum atomic E-state index is 0.475. The highest BCUT2D eigenvalue weighted by Crippen LogP contribution is 2.30. The van der Waals surface area contributed by atoms with Gasteiger partial charge in [0.25, 0.3) is 0 Å². The smallest absolute Gasteiger partial charge is 0.0603 e. The molecule has 1 rings (SSSR count). The first kappa shape index (κ1) is 12.1. The van der Waals surface area contributed by atoms with Gasteiger partial charge in [-0.1, -0.05) is 37.9 Å². The standard InChI is InChI=1S/C12H21ClO/c1-10-5-6-11(2)12(9-10)14-8-4-3-7-13/h3,7,10-12H,4-6,8-9H2,1-2H3/b7-3-/t10-,11-,12-/m1/s1. The van der Waals surface area contributed by atoms with E-state index in [-0.39, 0.29) is 0 Å². The average Bonchev–Trinajstić information content (AvgIpc) is 2.18. The summed E-state index contributed by atoms with van der Waals surface area (Å²) < 4.78 is 5.86. The van der Waals surface area contributed by atoms with Crippen molar-refractivity contribution in [1.82, 2.24) is 0 Å². The Morgan fingerprint density at radius 2 is 2.14 bits per heavy atom. The second-order valence-electron chi connectivity index (χ2n) is 4.46. The molecule has 0 aromatic carbocycles. The van der Waals surface area contributed by atoms with Crippen LogP contribution in [0.5, 0.6) is 0 Å². The van der Waals surface area contributed by atoms with E-state index < -0.39 is 0 Å². The molecule has 0 spiro atoms. The topological polar surface area (TPSA) is 9.23 Å². The quantitative estimate of drug-likeness (QED) is 0.647. The zero-order chi connectivity index (χ0) is 10.4. The normalized spacial score (nSPS) is 33.8. The zero-order valence-corrected chi connectivity index (χ0v) is 9.96. The second kappa shape index (κ2) is 6.47. The predicted molar refractivity (Wildman–Crippen MR) is 61.5 cm³/mol. The summed E-state index contributed by atoms with van der Waals surface area (Å²) in [5, 5.41) is 0. The van der Waals surface area contributed by atoms with E-state index in [4.69, 9.17) is 16.3 Å². The Kier molecular flexibility index (Phi) is 5.57. The van der Waals surface area contributed by atoms with Crippen molar-refractivity contribution in [3.05, 3.63) is 11.6 Å². The third-order valence-corrected chi connectivity index (χ3v) is 3.27. The van der Waals surface area contributed by atoms with E-state index in [2.05, 4.69) is 13.8 Å². The first-order valence-corrected chi connectivity index (χ1v) is 6.04. The minimum Gasteiger partial charge on any atom is -0.378 e. The van der Waals surface area contributed by atoms with Gasteiger partial charge in [-0.15, -0.1) is 0 Å². The molecule has 82 valence electrons. The van der Waals surface area contributed by atoms with Crippen LogP contribution in [-0.4, -0.2) is 12.7 Å². The van der Waals surface area contributed by atoms with E-state index in [1.807, 2.05) is 6.08 Å². The maximum Gasteiger partial charge on any atom is 0.0603 e. The molecular weight excluding hydrogens is 196 g/mol. The van der Waals surface area contributed by atoms with Gasteiger partial charge in [0.2, 0.25) is 0 Å². The second-order valence-corrected chi connectivity index (χ2v) is 4.71. The minimum absolute atomic E-state index is 0.475. The Hall–Kier alpha value is -0.0100. The summed E-state index contributed by atoms with van der Waals surface area (Å²) in [7, 11) is 0. The summed E-state index contributed by atoms with van der Waals surface area (Å²) in [6, 6.07) is 0. The molecule has 14 heavy (non-hydrogen) atoms. The fourth-order valence-corrected chi connectivity index (χ4v) is 2.19. The maximum absolute atomic E-state index is 5.86. The lowest BCUT2D eigenvalue weighted by atomic mass is 9.82. The van der Waals surface area contributed by atoms with Gasteiger partial charge >= 0.3 is 0 Å². The average molecular weight is 217 g/mol. The number of hydrogen-bond acceptors (Lipinski definition) is 1. The fourth-order valence-electron chi connectivity index (χ4n) is 2.06. The highest BCUT2D eigenvalue weighted by Gasteiger charge is 2.25. The summed E-state index contributed by atoms with van der Waals surface area (Å²) in [6.45, 7) is 5.43. The van der Waals surface area contributed by atoms with Crippen LogP contribution >= 0.6 is 11.6 Å². The summed E-state index contributed by atoms with van der Waals surface area (Å²) in [5.74, 6) is 1.56. The molecule has 0 aliphatic heterocycles. The van der Waals surface area contributed by atoms with Gasteiger partial charge in [0.05, 0.1) is 12.7 Å². The monoisotopic (exact) mass is 216 g/mol. The lowest BCUT2D eigenvalue weighted by Crippen LogP contribution is -2.29. The van der Waals surface area contributed by atoms with Crippen LogP contribution < -0.4 is 0 Å². The molecule has 0 N–H and O–H groups in total. The lowest BCUT2D eigenvalue weighted by Gasteiger charge is -2.32. The first-order valence-electron chi connectivity index (χ1n) is 5.61. The molecule has 0 heterocycles. The van der Waals surface area contributed by atoms with E-state index >= 15 is 0 Å². The van der Waals surface area contributed by atoms with Crippen molar-refractivity contribution in [3.63, 3.8) is 0 Å². The molecule has 0 unspecified atom stereocenters. The van der Waals surface area contributed by atoms with Crippen molar-refractivity contribution in [3.8, 4) is 0 Å². The molecule has 1 aliphatic rings. The molecular formula is C12H21ClO. The van der Waals surface area contributed by atoms with Crippen LogP contribution in [0.15, 0.2) is 11.6 Å². The highest BCUT2D eigenvalue weighted by atomic mass is 35.5. The van der Waals surface area contributed by atoms with Crippen LogP contribution in [0.2, 0.25) is 0 Å². The number of hydrogen-bond donors (Lipinski definition) is 0. The van der Waals surface area contributed by atoms with Crippen LogP contribution in [-0.2, 0) is 4.74 Å². The molecule has 0 saturated heterocycles. The zero-order valence-electron chi connectivity index (χ0n) is 9.21. The Balaban J connectivity index is 2.20. The van der Waals surface area contributed by atoms with Gasteiger partial charge < -0.3 is 4.74 Å². The molecule has 1 saturated carbocycles. The third kappa shape index (κ3) is 4.02. The van der Waals surface area contributed by atoms with Crippen molar-refractivity contribution < 1.29 is 4.74 Å². The number of ether oxygens (including phenoxy) is 1. The van der Waals surface area contributed by atoms with Gasteiger partial charge in [-0.2, -0.15) is 0 Å². The van der Waals surface area contributed by atoms with Crippen LogP contribution in [0.4, 0.5) is 0 Å². The van der Waals surface area contributed by atoms with Crippen molar-refractivity contribution in [2.45, 2.75) is 45.6 Å². The van der Waals surface area contributed by atoms with Crippen LogP contribution in [0.3, 0.4) is 0 Å². The predicted octanol–water partition coefficient (Wildman–Crippen LogP) is 3.97. The molecule has 0 bridgehead atoms. The van der Waals surface area contributed by atoms with Crippen LogP contribution in [0.25, 0.3) is 0 Å². The van der Waals surface area contributed by atoms with Gasteiger partial charge in [0, 0.05) is 5.54 Å². The maximum atomic E-state index is 5.86. The Morgan fingerprint density at radius 1 is 1.36 bits per heavy atom. The molecule has 0 radical (unpaired) electrons. The Morgan fingerprint density at radius 3 is 2.86 bits per heavy atom. The van der Waals surface area contributed by atoms with Crippen LogP contribution in [0, 0.1) is 11.8 Å². The molecule has 2 heteroatoms. The van der Waals surface area contributed by atoms with Gasteiger partial charge in [0.1, 0.15) is 0 Å². The first-order chi connectivity index (χ1) is 6.74. The van der Waals surface area contributed by atoms with E-state index in [1.165, 1.54) is 19.3 Å². The van der Waals surface area contributed by atoms with Gasteiger partial charge in [0.15, 0.2) is 0 Å². The van der Waals surface area contributed by atoms with Gasteiger partial charge in [-0.25, -0.2) is 0 Å². The van der Waals surface area contributed by atoms with E-state index in [0.717, 1.165) is 24.9 Å². The molecule has 0 aromatic rings. The third-order valence-electron chi connectivity index (χ3n) is 3.09. The molecule has 0 amide bonds. The van der Waals surface area contributed by atoms with Crippen molar-refractivity contribution in [1.29, 1.82) is 0 Å². The summed E-state index contributed by atoms with van der Waals surface area (Å²) >= 11 is 5.44. The largest absolute Gasteiger partial charge is 0.378 e. The number of halogens is 1. The molecule has 1 nitrogen and oxygen atoms in total. The summed E-state index contributed by atoms with van der Waals surface area (Å²) in [4.78, 5) is 0. The number of rotatable bonds is 4. The van der Waals surface area contributed by atoms with Crippen molar-refractivity contribution in [2.75, 3.05) is 6.61 Å². The van der Waals surface area contributed by atoms with E-state index in [9.17, 15) is 0 Å². The lowest BCUT2D eigenvalue weighted by molar-refractivity contribution is -0.0158. The van der Waals surface area contributed by atoms with E-state index in [0.29, 0.717) is 6.10 Å². The van der Waals surface area contributed by atoms with Gasteiger partial charge in [-0.05, 0) is 31.1 Å². The van der Waals surface area contributed by atoms with Crippen molar-refractivity contribution in [2.24, 2.45) is 11.8 Å². The SMILES string of the molecule is C[C@@H]1CC[C@@H](C)[C@H](OCC/C=C\Cl)C1. The molecule has 0 aromatic heterocycles. The Bertz CT molecular complexity index is 179. The summed E-state index contributed by atoms with van der Waals surface area (Å²) in [6.07, 6.45) is 7.26. The molecule has 3 atom stereocenters. The summed E-state index contributed by atoms with van der Waals surface area (Å²) in [5.41, 5.74) is 1.57. The van der Waals surface area contributed by atoms with Crippen LogP contribution in [0.1, 0.15) is 39.5 Å².